The zero-order valence-electron chi connectivity index (χ0n) is 16.1. The average Bonchev–Trinajstić information content (AvgIpc) is 2.74. The maximum absolute atomic E-state index is 12.7. The van der Waals surface area contributed by atoms with Gasteiger partial charge >= 0.3 is 12.1 Å². The number of hydrogen-bond donors (Lipinski definition) is 2. The fourth-order valence-corrected chi connectivity index (χ4v) is 2.90. The number of para-hydroxylation sites is 2. The number of esters is 1. The molecular weight excluding hydrogens is 437 g/mol. The van der Waals surface area contributed by atoms with Gasteiger partial charge in [0.1, 0.15) is 18.8 Å². The van der Waals surface area contributed by atoms with Gasteiger partial charge in [0.2, 0.25) is 5.91 Å². The lowest BCUT2D eigenvalue weighted by Crippen LogP contribution is -2.44. The predicted molar refractivity (Wildman–Crippen MR) is 105 cm³/mol. The number of hydrogen-bond acceptors (Lipinski definition) is 7. The number of halogens is 3. The van der Waals surface area contributed by atoms with Crippen molar-refractivity contribution in [1.82, 2.24) is 0 Å². The highest BCUT2D eigenvalue weighted by Gasteiger charge is 2.33. The Bertz CT molecular complexity index is 1090. The number of ether oxygens (including phenoxy) is 1. The first-order valence-corrected chi connectivity index (χ1v) is 9.00. The van der Waals surface area contributed by atoms with Crippen molar-refractivity contribution in [1.29, 1.82) is 0 Å². The van der Waals surface area contributed by atoms with Crippen LogP contribution in [0, 0.1) is 10.1 Å². The van der Waals surface area contributed by atoms with Crippen LogP contribution >= 0.6 is 0 Å². The number of rotatable bonds is 6. The van der Waals surface area contributed by atoms with Gasteiger partial charge in [0, 0.05) is 6.07 Å². The minimum absolute atomic E-state index is 0.274. The molecule has 1 aliphatic rings. The van der Waals surface area contributed by atoms with Crippen LogP contribution < -0.4 is 15.5 Å². The third-order valence-corrected chi connectivity index (χ3v) is 4.37. The summed E-state index contributed by atoms with van der Waals surface area (Å²) in [6, 6.07) is 8.31. The van der Waals surface area contributed by atoms with E-state index >= 15 is 0 Å². The van der Waals surface area contributed by atoms with Crippen LogP contribution in [-0.2, 0) is 25.3 Å². The molecule has 13 heteroatoms. The predicted octanol–water partition coefficient (Wildman–Crippen LogP) is 2.55. The van der Waals surface area contributed by atoms with E-state index in [1.165, 1.54) is 0 Å². The number of nitrogens with zero attached hydrogens (tertiary/aromatic N) is 2. The quantitative estimate of drug-likeness (QED) is 0.391. The first-order valence-electron chi connectivity index (χ1n) is 9.00. The second-order valence-electron chi connectivity index (χ2n) is 6.55. The number of carbonyl (C=O) groups is 3. The van der Waals surface area contributed by atoms with Crippen LogP contribution in [0.15, 0.2) is 42.5 Å². The zero-order chi connectivity index (χ0) is 23.5. The summed E-state index contributed by atoms with van der Waals surface area (Å²) in [5.74, 6) is -2.09. The van der Waals surface area contributed by atoms with E-state index in [2.05, 4.69) is 10.6 Å². The molecule has 10 nitrogen and oxygen atoms in total. The van der Waals surface area contributed by atoms with Gasteiger partial charge in [0.05, 0.1) is 21.9 Å². The van der Waals surface area contributed by atoms with E-state index < -0.39 is 53.3 Å². The third kappa shape index (κ3) is 5.11. The zero-order valence-corrected chi connectivity index (χ0v) is 16.1. The molecular formula is C19H15F3N4O6. The molecule has 1 heterocycles. The molecule has 0 bridgehead atoms. The molecule has 2 aromatic carbocycles. The molecule has 0 aliphatic carbocycles. The molecule has 3 rings (SSSR count). The Labute approximate surface area is 178 Å². The topological polar surface area (TPSA) is 131 Å². The maximum atomic E-state index is 12.7. The van der Waals surface area contributed by atoms with E-state index in [9.17, 15) is 37.7 Å². The second kappa shape index (κ2) is 8.91. The van der Waals surface area contributed by atoms with Crippen molar-refractivity contribution in [2.75, 3.05) is 35.2 Å². The Hall–Kier alpha value is -4.16. The molecule has 32 heavy (non-hydrogen) atoms. The van der Waals surface area contributed by atoms with Crippen LogP contribution in [0.25, 0.3) is 0 Å². The van der Waals surface area contributed by atoms with E-state index in [-0.39, 0.29) is 12.2 Å². The van der Waals surface area contributed by atoms with Gasteiger partial charge in [-0.25, -0.2) is 0 Å². The Morgan fingerprint density at radius 3 is 2.62 bits per heavy atom. The van der Waals surface area contributed by atoms with Crippen molar-refractivity contribution in [2.45, 2.75) is 6.18 Å². The van der Waals surface area contributed by atoms with E-state index in [0.717, 1.165) is 11.0 Å². The van der Waals surface area contributed by atoms with Crippen molar-refractivity contribution in [3.05, 3.63) is 58.1 Å². The molecule has 2 N–H and O–H groups in total. The van der Waals surface area contributed by atoms with Crippen LogP contribution in [-0.4, -0.2) is 42.4 Å². The molecule has 0 saturated heterocycles. The Morgan fingerprint density at radius 2 is 1.94 bits per heavy atom. The van der Waals surface area contributed by atoms with Crippen LogP contribution in [0.4, 0.5) is 35.9 Å². The number of alkyl halides is 3. The van der Waals surface area contributed by atoms with Gasteiger partial charge in [-0.3, -0.25) is 29.4 Å². The number of fused-ring (bicyclic) bond motifs is 1. The third-order valence-electron chi connectivity index (χ3n) is 4.37. The summed E-state index contributed by atoms with van der Waals surface area (Å²) in [4.78, 5) is 47.3. The monoisotopic (exact) mass is 452 g/mol. The standard InChI is InChI=1S/C19H15F3N4O6/c20-19(21,22)11-5-6-12(15(7-11)26(30)31)23-8-18(29)32-10-17(28)25-9-16(27)24-13-3-1-2-4-14(13)25/h1-7,23H,8-10H2,(H,24,27). The molecule has 0 unspecified atom stereocenters. The van der Waals surface area contributed by atoms with Gasteiger partial charge in [-0.1, -0.05) is 12.1 Å². The Balaban J connectivity index is 1.60. The van der Waals surface area contributed by atoms with Gasteiger partial charge in [0.25, 0.3) is 11.6 Å². The highest BCUT2D eigenvalue weighted by Crippen LogP contribution is 2.35. The summed E-state index contributed by atoms with van der Waals surface area (Å²) < 4.78 is 43.1. The normalized spacial score (nSPS) is 13.1. The first kappa shape index (κ1) is 22.5. The molecule has 2 amide bonds. The molecule has 0 atom stereocenters. The number of nitro groups is 1. The van der Waals surface area contributed by atoms with Crippen molar-refractivity contribution >= 4 is 40.5 Å². The number of nitro benzene ring substituents is 1. The highest BCUT2D eigenvalue weighted by atomic mass is 19.4. The largest absolute Gasteiger partial charge is 0.454 e. The highest BCUT2D eigenvalue weighted by molar-refractivity contribution is 6.10. The van der Waals surface area contributed by atoms with Crippen molar-refractivity contribution in [3.63, 3.8) is 0 Å². The lowest BCUT2D eigenvalue weighted by Gasteiger charge is -2.28. The van der Waals surface area contributed by atoms with E-state index in [4.69, 9.17) is 4.74 Å². The smallest absolute Gasteiger partial charge is 0.416 e. The van der Waals surface area contributed by atoms with Gasteiger partial charge in [-0.15, -0.1) is 0 Å². The molecule has 0 spiro atoms. The van der Waals surface area contributed by atoms with Crippen LogP contribution in [0.2, 0.25) is 0 Å². The van der Waals surface area contributed by atoms with Crippen molar-refractivity contribution in [2.24, 2.45) is 0 Å². The molecule has 1 aliphatic heterocycles. The first-order chi connectivity index (χ1) is 15.1. The molecule has 0 fully saturated rings. The van der Waals surface area contributed by atoms with E-state index in [1.54, 1.807) is 24.3 Å². The van der Waals surface area contributed by atoms with Crippen molar-refractivity contribution < 1.29 is 37.2 Å². The number of benzene rings is 2. The molecule has 0 radical (unpaired) electrons. The lowest BCUT2D eigenvalue weighted by atomic mass is 10.1. The summed E-state index contributed by atoms with van der Waals surface area (Å²) in [6.45, 7) is -1.63. The molecule has 2 aromatic rings. The minimum Gasteiger partial charge on any atom is -0.454 e. The number of anilines is 3. The van der Waals surface area contributed by atoms with Crippen molar-refractivity contribution in [3.8, 4) is 0 Å². The molecule has 168 valence electrons. The SMILES string of the molecule is O=C1CN(C(=O)COC(=O)CNc2ccc(C(F)(F)F)cc2[N+](=O)[O-])c2ccccc2N1. The van der Waals surface area contributed by atoms with Gasteiger partial charge < -0.3 is 15.4 Å². The fraction of sp³-hybridized carbons (Fsp3) is 0.211. The Kier molecular flexibility index (Phi) is 6.27. The number of nitrogens with one attached hydrogen (secondary N) is 2. The summed E-state index contributed by atoms with van der Waals surface area (Å²) in [7, 11) is 0. The van der Waals surface area contributed by atoms with Gasteiger partial charge in [0.15, 0.2) is 6.61 Å². The van der Waals surface area contributed by atoms with Gasteiger partial charge in [-0.05, 0) is 24.3 Å². The number of amides is 2. The summed E-state index contributed by atoms with van der Waals surface area (Å²) in [5, 5.41) is 16.0. The van der Waals surface area contributed by atoms with E-state index in [1.807, 2.05) is 0 Å². The maximum Gasteiger partial charge on any atom is 0.416 e. The molecule has 0 aromatic heterocycles. The average molecular weight is 452 g/mol. The van der Waals surface area contributed by atoms with Crippen LogP contribution in [0.5, 0.6) is 0 Å². The fourth-order valence-electron chi connectivity index (χ4n) is 2.90. The molecule has 0 saturated carbocycles. The lowest BCUT2D eigenvalue weighted by molar-refractivity contribution is -0.384. The summed E-state index contributed by atoms with van der Waals surface area (Å²) in [5.41, 5.74) is -1.58. The summed E-state index contributed by atoms with van der Waals surface area (Å²) >= 11 is 0. The minimum atomic E-state index is -4.77. The summed E-state index contributed by atoms with van der Waals surface area (Å²) in [6.07, 6.45) is -4.77. The Morgan fingerprint density at radius 1 is 1.22 bits per heavy atom. The van der Waals surface area contributed by atoms with Crippen LogP contribution in [0.3, 0.4) is 0 Å². The van der Waals surface area contributed by atoms with Crippen LogP contribution in [0.1, 0.15) is 5.56 Å². The second-order valence-corrected chi connectivity index (χ2v) is 6.55. The number of carbonyl (C=O) groups excluding carboxylic acids is 3. The van der Waals surface area contributed by atoms with E-state index in [0.29, 0.717) is 23.5 Å². The van der Waals surface area contributed by atoms with Gasteiger partial charge in [-0.2, -0.15) is 13.2 Å².